The fourth-order valence-electron chi connectivity index (χ4n) is 2.19. The molecular formula is C17H21NO. The second-order valence-corrected chi connectivity index (χ2v) is 5.11. The van der Waals surface area contributed by atoms with Crippen LogP contribution in [0.1, 0.15) is 42.6 Å². The van der Waals surface area contributed by atoms with Crippen LogP contribution < -0.4 is 5.32 Å². The molecule has 0 aromatic heterocycles. The Labute approximate surface area is 115 Å². The summed E-state index contributed by atoms with van der Waals surface area (Å²) in [6, 6.07) is 16.5. The molecule has 0 saturated heterocycles. The molecule has 2 rings (SSSR count). The molecule has 0 spiro atoms. The van der Waals surface area contributed by atoms with E-state index < -0.39 is 0 Å². The van der Waals surface area contributed by atoms with Crippen molar-refractivity contribution in [2.24, 2.45) is 0 Å². The topological polar surface area (TPSA) is 32.3 Å². The zero-order chi connectivity index (χ0) is 13.8. The minimum atomic E-state index is 0.247. The number of rotatable bonds is 4. The largest absolute Gasteiger partial charge is 0.508 e. The van der Waals surface area contributed by atoms with E-state index >= 15 is 0 Å². The molecule has 1 unspecified atom stereocenters. The van der Waals surface area contributed by atoms with Gasteiger partial charge in [0, 0.05) is 12.1 Å². The lowest BCUT2D eigenvalue weighted by atomic mass is 10.0. The molecule has 0 saturated carbocycles. The number of phenols is 1. The average Bonchev–Trinajstić information content (AvgIpc) is 2.40. The Morgan fingerprint density at radius 1 is 0.789 bits per heavy atom. The molecule has 2 aromatic rings. The van der Waals surface area contributed by atoms with E-state index in [4.69, 9.17) is 0 Å². The third-order valence-electron chi connectivity index (χ3n) is 3.47. The van der Waals surface area contributed by atoms with Gasteiger partial charge in [0.2, 0.25) is 0 Å². The Kier molecular flexibility index (Phi) is 4.23. The van der Waals surface area contributed by atoms with Gasteiger partial charge in [0.15, 0.2) is 0 Å². The minimum absolute atomic E-state index is 0.247. The smallest absolute Gasteiger partial charge is 0.115 e. The summed E-state index contributed by atoms with van der Waals surface area (Å²) in [6.45, 7) is 6.40. The van der Waals surface area contributed by atoms with Crippen molar-refractivity contribution in [1.29, 1.82) is 0 Å². The average molecular weight is 255 g/mol. The maximum absolute atomic E-state index is 9.30. The summed E-state index contributed by atoms with van der Waals surface area (Å²) in [4.78, 5) is 0. The molecular weight excluding hydrogens is 234 g/mol. The molecule has 2 atom stereocenters. The van der Waals surface area contributed by atoms with Gasteiger partial charge in [-0.25, -0.2) is 0 Å². The molecule has 0 aliphatic carbocycles. The number of aromatic hydroxyl groups is 1. The van der Waals surface area contributed by atoms with E-state index in [0.29, 0.717) is 11.8 Å². The third kappa shape index (κ3) is 3.58. The van der Waals surface area contributed by atoms with E-state index in [-0.39, 0.29) is 6.04 Å². The van der Waals surface area contributed by atoms with Crippen LogP contribution in [0.4, 0.5) is 0 Å². The summed E-state index contributed by atoms with van der Waals surface area (Å²) in [5, 5.41) is 12.9. The second kappa shape index (κ2) is 5.89. The molecule has 100 valence electrons. The van der Waals surface area contributed by atoms with Crippen LogP contribution in [-0.4, -0.2) is 5.11 Å². The molecule has 19 heavy (non-hydrogen) atoms. The van der Waals surface area contributed by atoms with E-state index in [2.05, 4.69) is 50.4 Å². The van der Waals surface area contributed by atoms with E-state index in [1.54, 1.807) is 12.1 Å². The molecule has 0 aliphatic heterocycles. The van der Waals surface area contributed by atoms with Crippen LogP contribution in [-0.2, 0) is 0 Å². The van der Waals surface area contributed by atoms with Gasteiger partial charge in [-0.1, -0.05) is 42.0 Å². The van der Waals surface area contributed by atoms with E-state index in [1.807, 2.05) is 12.1 Å². The van der Waals surface area contributed by atoms with Crippen molar-refractivity contribution in [2.45, 2.75) is 32.9 Å². The first-order chi connectivity index (χ1) is 9.06. The highest BCUT2D eigenvalue weighted by Crippen LogP contribution is 2.21. The zero-order valence-electron chi connectivity index (χ0n) is 11.7. The Hall–Kier alpha value is -1.80. The molecule has 0 fully saturated rings. The fraction of sp³-hybridized carbons (Fsp3) is 0.294. The fourth-order valence-corrected chi connectivity index (χ4v) is 2.19. The van der Waals surface area contributed by atoms with Gasteiger partial charge in [0.1, 0.15) is 5.75 Å². The molecule has 0 amide bonds. The lowest BCUT2D eigenvalue weighted by Gasteiger charge is -2.21. The molecule has 0 bridgehead atoms. The first-order valence-electron chi connectivity index (χ1n) is 6.68. The van der Waals surface area contributed by atoms with Gasteiger partial charge in [-0.2, -0.15) is 0 Å². The van der Waals surface area contributed by atoms with Crippen LogP contribution in [0, 0.1) is 6.92 Å². The van der Waals surface area contributed by atoms with E-state index in [9.17, 15) is 5.11 Å². The van der Waals surface area contributed by atoms with Crippen molar-refractivity contribution in [3.05, 3.63) is 65.2 Å². The van der Waals surface area contributed by atoms with Gasteiger partial charge in [-0.3, -0.25) is 0 Å². The molecule has 2 aromatic carbocycles. The number of phenolic OH excluding ortho intramolecular Hbond substituents is 1. The highest BCUT2D eigenvalue weighted by molar-refractivity contribution is 5.28. The maximum Gasteiger partial charge on any atom is 0.115 e. The standard InChI is InChI=1S/C17H21NO/c1-12-4-6-15(7-5-12)13(2)18-14(3)16-8-10-17(19)11-9-16/h4-11,13-14,18-19H,1-3H3/t13-,14?/m1/s1. The SMILES string of the molecule is Cc1ccc([C@@H](C)NC(C)c2ccc(O)cc2)cc1. The van der Waals surface area contributed by atoms with E-state index in [1.165, 1.54) is 16.7 Å². The number of benzene rings is 2. The molecule has 2 nitrogen and oxygen atoms in total. The molecule has 0 aliphatic rings. The van der Waals surface area contributed by atoms with Crippen LogP contribution in [0.3, 0.4) is 0 Å². The Bertz CT molecular complexity index is 466. The van der Waals surface area contributed by atoms with E-state index in [0.717, 1.165) is 0 Å². The summed E-state index contributed by atoms with van der Waals surface area (Å²) < 4.78 is 0. The quantitative estimate of drug-likeness (QED) is 0.861. The van der Waals surface area contributed by atoms with Crippen molar-refractivity contribution in [1.82, 2.24) is 5.32 Å². The van der Waals surface area contributed by atoms with Crippen molar-refractivity contribution >= 4 is 0 Å². The van der Waals surface area contributed by atoms with Gasteiger partial charge >= 0.3 is 0 Å². The Morgan fingerprint density at radius 3 is 1.68 bits per heavy atom. The highest BCUT2D eigenvalue weighted by atomic mass is 16.3. The van der Waals surface area contributed by atoms with Gasteiger partial charge in [-0.05, 0) is 44.0 Å². The molecule has 2 N–H and O–H groups in total. The minimum Gasteiger partial charge on any atom is -0.508 e. The first kappa shape index (κ1) is 13.6. The van der Waals surface area contributed by atoms with Crippen LogP contribution in [0.15, 0.2) is 48.5 Å². The molecule has 0 radical (unpaired) electrons. The number of nitrogens with one attached hydrogen (secondary N) is 1. The summed E-state index contributed by atoms with van der Waals surface area (Å²) >= 11 is 0. The monoisotopic (exact) mass is 255 g/mol. The number of aryl methyl sites for hydroxylation is 1. The first-order valence-corrected chi connectivity index (χ1v) is 6.68. The van der Waals surface area contributed by atoms with Crippen LogP contribution in [0.2, 0.25) is 0 Å². The lowest BCUT2D eigenvalue weighted by Crippen LogP contribution is -2.22. The second-order valence-electron chi connectivity index (χ2n) is 5.11. The predicted octanol–water partition coefficient (Wildman–Crippen LogP) is 4.11. The number of hydrogen-bond acceptors (Lipinski definition) is 2. The Morgan fingerprint density at radius 2 is 1.21 bits per heavy atom. The van der Waals surface area contributed by atoms with Crippen molar-refractivity contribution in [3.8, 4) is 5.75 Å². The van der Waals surface area contributed by atoms with Crippen LogP contribution in [0.25, 0.3) is 0 Å². The summed E-state index contributed by atoms with van der Waals surface area (Å²) in [6.07, 6.45) is 0. The molecule has 0 heterocycles. The van der Waals surface area contributed by atoms with Crippen LogP contribution >= 0.6 is 0 Å². The zero-order valence-corrected chi connectivity index (χ0v) is 11.7. The maximum atomic E-state index is 9.30. The summed E-state index contributed by atoms with van der Waals surface area (Å²) in [7, 11) is 0. The lowest BCUT2D eigenvalue weighted by molar-refractivity contribution is 0.472. The third-order valence-corrected chi connectivity index (χ3v) is 3.47. The van der Waals surface area contributed by atoms with Gasteiger partial charge in [-0.15, -0.1) is 0 Å². The Balaban J connectivity index is 2.03. The van der Waals surface area contributed by atoms with Crippen molar-refractivity contribution in [2.75, 3.05) is 0 Å². The van der Waals surface area contributed by atoms with Gasteiger partial charge in [0.25, 0.3) is 0 Å². The summed E-state index contributed by atoms with van der Waals surface area (Å²) in [5.74, 6) is 0.308. The predicted molar refractivity (Wildman–Crippen MR) is 79.3 cm³/mol. The van der Waals surface area contributed by atoms with Crippen molar-refractivity contribution < 1.29 is 5.11 Å². The number of hydrogen-bond donors (Lipinski definition) is 2. The van der Waals surface area contributed by atoms with Crippen LogP contribution in [0.5, 0.6) is 5.75 Å². The van der Waals surface area contributed by atoms with Gasteiger partial charge in [0.05, 0.1) is 0 Å². The highest BCUT2D eigenvalue weighted by Gasteiger charge is 2.10. The molecule has 2 heteroatoms. The summed E-state index contributed by atoms with van der Waals surface area (Å²) in [5.41, 5.74) is 3.75. The van der Waals surface area contributed by atoms with Crippen molar-refractivity contribution in [3.63, 3.8) is 0 Å². The normalized spacial score (nSPS) is 14.1. The van der Waals surface area contributed by atoms with Gasteiger partial charge < -0.3 is 10.4 Å².